The summed E-state index contributed by atoms with van der Waals surface area (Å²) in [6.07, 6.45) is -0.0183. The van der Waals surface area contributed by atoms with Gasteiger partial charge in [-0.05, 0) is 12.5 Å². The van der Waals surface area contributed by atoms with Gasteiger partial charge in [0.05, 0.1) is 17.6 Å². The van der Waals surface area contributed by atoms with E-state index in [0.29, 0.717) is 0 Å². The van der Waals surface area contributed by atoms with Crippen molar-refractivity contribution in [3.8, 4) is 0 Å². The van der Waals surface area contributed by atoms with Crippen molar-refractivity contribution in [2.45, 2.75) is 17.8 Å². The summed E-state index contributed by atoms with van der Waals surface area (Å²) in [6.45, 7) is 0. The molecule has 2 unspecified atom stereocenters. The smallest absolute Gasteiger partial charge is 0.255 e. The Morgan fingerprint density at radius 3 is 2.62 bits per heavy atom. The minimum Gasteiger partial charge on any atom is -0.387 e. The zero-order valence-corrected chi connectivity index (χ0v) is 9.70. The van der Waals surface area contributed by atoms with Crippen molar-refractivity contribution in [2.24, 2.45) is 10.1 Å². The van der Waals surface area contributed by atoms with Crippen molar-refractivity contribution in [1.29, 1.82) is 0 Å². The number of aliphatic imine (C=N–C) groups is 1. The van der Waals surface area contributed by atoms with E-state index in [9.17, 15) is 21.9 Å². The highest BCUT2D eigenvalue weighted by atomic mass is 32.2. The molecule has 90 valence electrons. The summed E-state index contributed by atoms with van der Waals surface area (Å²) in [7, 11) is -7.51. The number of sulfonamides is 1. The van der Waals surface area contributed by atoms with E-state index < -0.39 is 36.2 Å². The Kier molecular flexibility index (Phi) is 2.46. The average Bonchev–Trinajstić information content (AvgIpc) is 2.57. The van der Waals surface area contributed by atoms with Crippen molar-refractivity contribution in [3.63, 3.8) is 0 Å². The summed E-state index contributed by atoms with van der Waals surface area (Å²) in [6, 6.07) is 0. The molecule has 0 aromatic carbocycles. The van der Waals surface area contributed by atoms with Crippen LogP contribution in [0, 0.1) is 0 Å². The van der Waals surface area contributed by atoms with Gasteiger partial charge in [0.15, 0.2) is 14.9 Å². The highest BCUT2D eigenvalue weighted by molar-refractivity contribution is 7.94. The zero-order valence-electron chi connectivity index (χ0n) is 8.07. The monoisotopic (exact) mass is 266 g/mol. The van der Waals surface area contributed by atoms with Crippen LogP contribution in [0.4, 0.5) is 0 Å². The summed E-state index contributed by atoms with van der Waals surface area (Å²) >= 11 is 0. The summed E-state index contributed by atoms with van der Waals surface area (Å²) in [5, 5.41) is 12.7. The molecular weight excluding hydrogens is 256 g/mol. The second kappa shape index (κ2) is 3.36. The van der Waals surface area contributed by atoms with Gasteiger partial charge in [-0.15, -0.1) is 0 Å². The maximum Gasteiger partial charge on any atom is 0.255 e. The molecule has 0 amide bonds. The quantitative estimate of drug-likeness (QED) is 0.574. The summed E-state index contributed by atoms with van der Waals surface area (Å²) < 4.78 is 45.3. The molecule has 2 aliphatic heterocycles. The normalized spacial score (nSPS) is 32.9. The second-order valence-corrected chi connectivity index (χ2v) is 7.43. The van der Waals surface area contributed by atoms with Crippen LogP contribution in [-0.4, -0.2) is 44.8 Å². The van der Waals surface area contributed by atoms with E-state index in [-0.39, 0.29) is 17.9 Å². The first-order valence-corrected chi connectivity index (χ1v) is 7.71. The van der Waals surface area contributed by atoms with Crippen LogP contribution in [0.15, 0.2) is 16.1 Å². The fourth-order valence-electron chi connectivity index (χ4n) is 1.70. The van der Waals surface area contributed by atoms with Crippen molar-refractivity contribution < 1.29 is 21.9 Å². The van der Waals surface area contributed by atoms with Gasteiger partial charge in [0, 0.05) is 0 Å². The molecule has 9 heteroatoms. The van der Waals surface area contributed by atoms with E-state index in [1.807, 2.05) is 0 Å². The van der Waals surface area contributed by atoms with Gasteiger partial charge in [-0.1, -0.05) is 0 Å². The molecule has 1 saturated heterocycles. The Morgan fingerprint density at radius 2 is 2.12 bits per heavy atom. The number of rotatable bonds is 1. The number of sulfone groups is 1. The molecule has 0 aromatic rings. The van der Waals surface area contributed by atoms with Crippen molar-refractivity contribution in [3.05, 3.63) is 11.1 Å². The Hall–Kier alpha value is -0.770. The third-order valence-corrected chi connectivity index (χ3v) is 5.29. The molecule has 0 aromatic heterocycles. The predicted octanol–water partition coefficient (Wildman–Crippen LogP) is -1.88. The summed E-state index contributed by atoms with van der Waals surface area (Å²) in [4.78, 5) is 3.59. The number of aliphatic hydroxyl groups is 1. The van der Waals surface area contributed by atoms with Crippen LogP contribution in [0.1, 0.15) is 6.42 Å². The summed E-state index contributed by atoms with van der Waals surface area (Å²) in [5.74, 6) is -0.188. The molecule has 7 nitrogen and oxygen atoms in total. The molecule has 0 aliphatic carbocycles. The Morgan fingerprint density at radius 1 is 1.50 bits per heavy atom. The van der Waals surface area contributed by atoms with Crippen molar-refractivity contribution in [2.75, 3.05) is 5.75 Å². The van der Waals surface area contributed by atoms with Gasteiger partial charge in [-0.25, -0.2) is 27.0 Å². The Labute approximate surface area is 92.6 Å². The van der Waals surface area contributed by atoms with Crippen LogP contribution in [0.25, 0.3) is 0 Å². The van der Waals surface area contributed by atoms with Crippen LogP contribution < -0.4 is 5.14 Å². The van der Waals surface area contributed by atoms with Crippen molar-refractivity contribution in [1.82, 2.24) is 0 Å². The minimum atomic E-state index is -4.04. The molecule has 0 spiro atoms. The first kappa shape index (κ1) is 11.7. The SMILES string of the molecule is NS(=O)(=O)C1=CC2C(=N1)C(O)CCS2(=O)=O. The van der Waals surface area contributed by atoms with E-state index in [4.69, 9.17) is 5.14 Å². The number of primary sulfonamides is 1. The number of hydrogen-bond acceptors (Lipinski definition) is 6. The number of nitrogens with zero attached hydrogens (tertiary/aromatic N) is 1. The van der Waals surface area contributed by atoms with Gasteiger partial charge in [0.2, 0.25) is 0 Å². The molecule has 0 saturated carbocycles. The Balaban J connectivity index is 2.54. The standard InChI is InChI=1S/C7H10N2O5S2/c8-16(13,14)6-3-5-7(9-6)4(10)1-2-15(5,11)12/h3-5,10H,1-2H2,(H2,8,13,14). The largest absolute Gasteiger partial charge is 0.387 e. The number of hydrogen-bond donors (Lipinski definition) is 2. The lowest BCUT2D eigenvalue weighted by Gasteiger charge is -2.23. The maximum atomic E-state index is 11.6. The second-order valence-electron chi connectivity index (χ2n) is 3.68. The molecule has 16 heavy (non-hydrogen) atoms. The molecule has 0 radical (unpaired) electrons. The molecule has 0 bridgehead atoms. The minimum absolute atomic E-state index is 0.0312. The lowest BCUT2D eigenvalue weighted by Crippen LogP contribution is -2.42. The van der Waals surface area contributed by atoms with Crippen LogP contribution in [-0.2, 0) is 19.9 Å². The van der Waals surface area contributed by atoms with Gasteiger partial charge in [-0.3, -0.25) is 0 Å². The molecular formula is C7H10N2O5S2. The molecule has 1 fully saturated rings. The van der Waals surface area contributed by atoms with Gasteiger partial charge < -0.3 is 5.11 Å². The summed E-state index contributed by atoms with van der Waals surface area (Å²) in [5.41, 5.74) is -0.0460. The van der Waals surface area contributed by atoms with Gasteiger partial charge in [-0.2, -0.15) is 0 Å². The number of nitrogens with two attached hydrogens (primary N) is 1. The highest BCUT2D eigenvalue weighted by Crippen LogP contribution is 2.27. The van der Waals surface area contributed by atoms with E-state index in [1.165, 1.54) is 0 Å². The van der Waals surface area contributed by atoms with Gasteiger partial charge in [0.1, 0.15) is 5.25 Å². The highest BCUT2D eigenvalue weighted by Gasteiger charge is 2.42. The lowest BCUT2D eigenvalue weighted by atomic mass is 10.1. The lowest BCUT2D eigenvalue weighted by molar-refractivity contribution is 0.234. The molecule has 2 atom stereocenters. The van der Waals surface area contributed by atoms with E-state index >= 15 is 0 Å². The van der Waals surface area contributed by atoms with E-state index in [2.05, 4.69) is 4.99 Å². The van der Waals surface area contributed by atoms with Gasteiger partial charge in [0.25, 0.3) is 10.0 Å². The third kappa shape index (κ3) is 1.79. The maximum absolute atomic E-state index is 11.6. The Bertz CT molecular complexity index is 586. The predicted molar refractivity (Wildman–Crippen MR) is 56.8 cm³/mol. The zero-order chi connectivity index (χ0) is 12.1. The fraction of sp³-hybridized carbons (Fsp3) is 0.571. The van der Waals surface area contributed by atoms with E-state index in [0.717, 1.165) is 6.08 Å². The number of aliphatic hydroxyl groups excluding tert-OH is 1. The third-order valence-electron chi connectivity index (χ3n) is 2.52. The van der Waals surface area contributed by atoms with Gasteiger partial charge >= 0.3 is 0 Å². The first-order valence-electron chi connectivity index (χ1n) is 4.44. The van der Waals surface area contributed by atoms with Crippen LogP contribution in [0.5, 0.6) is 0 Å². The molecule has 2 rings (SSSR count). The van der Waals surface area contributed by atoms with Crippen LogP contribution in [0.3, 0.4) is 0 Å². The first-order chi connectivity index (χ1) is 7.22. The fourth-order valence-corrected chi connectivity index (χ4v) is 4.07. The van der Waals surface area contributed by atoms with Crippen LogP contribution >= 0.6 is 0 Å². The average molecular weight is 266 g/mol. The number of fused-ring (bicyclic) bond motifs is 1. The topological polar surface area (TPSA) is 127 Å². The molecule has 2 aliphatic rings. The van der Waals surface area contributed by atoms with Crippen LogP contribution in [0.2, 0.25) is 0 Å². The molecule has 3 N–H and O–H groups in total. The van der Waals surface area contributed by atoms with E-state index in [1.54, 1.807) is 0 Å². The van der Waals surface area contributed by atoms with Crippen molar-refractivity contribution >= 4 is 25.6 Å². The molecule has 2 heterocycles.